The van der Waals surface area contributed by atoms with Gasteiger partial charge >= 0.3 is 0 Å². The molecule has 146 valence electrons. The zero-order chi connectivity index (χ0) is 19.5. The Kier molecular flexibility index (Phi) is 5.45. The summed E-state index contributed by atoms with van der Waals surface area (Å²) < 4.78 is 17.4. The normalized spacial score (nSPS) is 16.3. The van der Waals surface area contributed by atoms with E-state index >= 15 is 0 Å². The molecule has 7 heteroatoms. The first-order valence-electron chi connectivity index (χ1n) is 9.20. The zero-order valence-corrected chi connectivity index (χ0v) is 16.7. The van der Waals surface area contributed by atoms with Crippen LogP contribution < -0.4 is 14.4 Å². The van der Waals surface area contributed by atoms with Gasteiger partial charge in [-0.15, -0.1) is 0 Å². The van der Waals surface area contributed by atoms with Crippen LogP contribution in [0.25, 0.3) is 10.2 Å². The summed E-state index contributed by atoms with van der Waals surface area (Å²) in [6, 6.07) is 12.9. The second-order valence-corrected chi connectivity index (χ2v) is 7.62. The summed E-state index contributed by atoms with van der Waals surface area (Å²) in [5.74, 6) is 1.28. The molecule has 2 aromatic carbocycles. The van der Waals surface area contributed by atoms with E-state index in [1.807, 2.05) is 30.3 Å². The third-order valence-electron chi connectivity index (χ3n) is 4.79. The summed E-state index contributed by atoms with van der Waals surface area (Å²) in [7, 11) is 3.22. The number of fused-ring (bicyclic) bond motifs is 1. The largest absolute Gasteiger partial charge is 0.497 e. The van der Waals surface area contributed by atoms with Gasteiger partial charge in [-0.05, 0) is 43.2 Å². The molecule has 0 saturated carbocycles. The van der Waals surface area contributed by atoms with Crippen LogP contribution in [-0.2, 0) is 4.74 Å². The Labute approximate surface area is 167 Å². The molecular formula is C21H22N2O4S. The number of amides is 1. The lowest BCUT2D eigenvalue weighted by Crippen LogP contribution is -2.37. The highest BCUT2D eigenvalue weighted by Crippen LogP contribution is 2.33. The van der Waals surface area contributed by atoms with Gasteiger partial charge in [-0.25, -0.2) is 4.98 Å². The molecule has 1 saturated heterocycles. The van der Waals surface area contributed by atoms with Crippen LogP contribution in [0.1, 0.15) is 23.2 Å². The predicted molar refractivity (Wildman–Crippen MR) is 110 cm³/mol. The average Bonchev–Trinajstić information content (AvgIpc) is 3.40. The number of hydrogen-bond acceptors (Lipinski definition) is 6. The molecule has 0 spiro atoms. The van der Waals surface area contributed by atoms with Crippen molar-refractivity contribution in [2.45, 2.75) is 18.9 Å². The predicted octanol–water partition coefficient (Wildman–Crippen LogP) is 4.14. The highest BCUT2D eigenvalue weighted by molar-refractivity contribution is 7.22. The van der Waals surface area contributed by atoms with Crippen LogP contribution in [0.15, 0.2) is 42.5 Å². The molecule has 1 aliphatic heterocycles. The lowest BCUT2D eigenvalue weighted by Gasteiger charge is -2.23. The lowest BCUT2D eigenvalue weighted by molar-refractivity contribution is 0.0917. The van der Waals surface area contributed by atoms with Crippen LogP contribution in [0.4, 0.5) is 5.13 Å². The van der Waals surface area contributed by atoms with Crippen molar-refractivity contribution in [2.24, 2.45) is 0 Å². The molecule has 0 aliphatic carbocycles. The van der Waals surface area contributed by atoms with E-state index < -0.39 is 0 Å². The molecule has 6 nitrogen and oxygen atoms in total. The molecule has 0 N–H and O–H groups in total. The van der Waals surface area contributed by atoms with Gasteiger partial charge in [0.25, 0.3) is 5.91 Å². The molecule has 28 heavy (non-hydrogen) atoms. The Morgan fingerprint density at radius 1 is 1.21 bits per heavy atom. The number of rotatable bonds is 6. The first-order valence-corrected chi connectivity index (χ1v) is 10.0. The summed E-state index contributed by atoms with van der Waals surface area (Å²) in [5.41, 5.74) is 1.38. The molecule has 0 bridgehead atoms. The van der Waals surface area contributed by atoms with E-state index in [9.17, 15) is 4.79 Å². The molecule has 1 aliphatic rings. The number of thiazole rings is 1. The fourth-order valence-electron chi connectivity index (χ4n) is 3.29. The van der Waals surface area contributed by atoms with E-state index in [1.54, 1.807) is 31.3 Å². The summed E-state index contributed by atoms with van der Waals surface area (Å²) >= 11 is 1.49. The maximum absolute atomic E-state index is 13.4. The van der Waals surface area contributed by atoms with Gasteiger partial charge in [0.1, 0.15) is 11.5 Å². The van der Waals surface area contributed by atoms with Gasteiger partial charge in [-0.3, -0.25) is 9.69 Å². The number of hydrogen-bond donors (Lipinski definition) is 0. The minimum atomic E-state index is -0.111. The summed E-state index contributed by atoms with van der Waals surface area (Å²) in [6.07, 6.45) is 1.99. The van der Waals surface area contributed by atoms with Crippen LogP contribution in [-0.4, -0.2) is 44.4 Å². The monoisotopic (exact) mass is 398 g/mol. The van der Waals surface area contributed by atoms with Gasteiger partial charge in [0.2, 0.25) is 0 Å². The maximum atomic E-state index is 13.4. The molecule has 2 heterocycles. The molecule has 1 atom stereocenters. The number of nitrogens with zero attached hydrogens (tertiary/aromatic N) is 2. The highest BCUT2D eigenvalue weighted by Gasteiger charge is 2.27. The van der Waals surface area contributed by atoms with Crippen molar-refractivity contribution in [1.82, 2.24) is 4.98 Å². The molecule has 1 aromatic heterocycles. The van der Waals surface area contributed by atoms with Crippen LogP contribution >= 0.6 is 11.3 Å². The summed E-state index contributed by atoms with van der Waals surface area (Å²) in [4.78, 5) is 19.8. The third kappa shape index (κ3) is 3.81. The van der Waals surface area contributed by atoms with Crippen molar-refractivity contribution in [1.29, 1.82) is 0 Å². The van der Waals surface area contributed by atoms with E-state index in [0.717, 1.165) is 35.4 Å². The van der Waals surface area contributed by atoms with Crippen molar-refractivity contribution in [3.05, 3.63) is 48.0 Å². The maximum Gasteiger partial charge on any atom is 0.260 e. The number of carbonyl (C=O) groups excluding carboxylic acids is 1. The number of benzene rings is 2. The molecule has 1 fully saturated rings. The second kappa shape index (κ2) is 8.16. The summed E-state index contributed by atoms with van der Waals surface area (Å²) in [5, 5.41) is 0.659. The van der Waals surface area contributed by atoms with Crippen LogP contribution in [0, 0.1) is 0 Å². The van der Waals surface area contributed by atoms with Crippen LogP contribution in [0.3, 0.4) is 0 Å². The second-order valence-electron chi connectivity index (χ2n) is 6.61. The van der Waals surface area contributed by atoms with E-state index in [0.29, 0.717) is 23.0 Å². The fourth-order valence-corrected chi connectivity index (χ4v) is 4.24. The first-order chi connectivity index (χ1) is 13.7. The Morgan fingerprint density at radius 3 is 2.79 bits per heavy atom. The molecule has 1 unspecified atom stereocenters. The molecule has 4 rings (SSSR count). The van der Waals surface area contributed by atoms with Crippen molar-refractivity contribution >= 4 is 32.6 Å². The Hall–Kier alpha value is -2.64. The smallest absolute Gasteiger partial charge is 0.260 e. The number of methoxy groups -OCH3 is 2. The van der Waals surface area contributed by atoms with Crippen molar-refractivity contribution < 1.29 is 19.0 Å². The van der Waals surface area contributed by atoms with E-state index in [2.05, 4.69) is 0 Å². The van der Waals surface area contributed by atoms with E-state index in [-0.39, 0.29) is 12.0 Å². The number of ether oxygens (including phenoxy) is 3. The topological polar surface area (TPSA) is 60.9 Å². The first kappa shape index (κ1) is 18.7. The van der Waals surface area contributed by atoms with Crippen LogP contribution in [0.5, 0.6) is 11.5 Å². The van der Waals surface area contributed by atoms with Gasteiger partial charge in [0.05, 0.1) is 37.1 Å². The van der Waals surface area contributed by atoms with E-state index in [1.165, 1.54) is 11.3 Å². The number of carbonyl (C=O) groups is 1. The van der Waals surface area contributed by atoms with Crippen molar-refractivity contribution in [3.8, 4) is 11.5 Å². The van der Waals surface area contributed by atoms with Crippen molar-refractivity contribution in [2.75, 3.05) is 32.3 Å². The standard InChI is InChI=1S/C21H22N2O4S/c1-25-15-6-3-5-14(11-15)20(24)23(13-17-7-4-10-27-17)21-22-18-12-16(26-2)8-9-19(18)28-21/h3,5-6,8-9,11-12,17H,4,7,10,13H2,1-2H3. The van der Waals surface area contributed by atoms with Crippen molar-refractivity contribution in [3.63, 3.8) is 0 Å². The molecule has 0 radical (unpaired) electrons. The van der Waals surface area contributed by atoms with Crippen LogP contribution in [0.2, 0.25) is 0 Å². The van der Waals surface area contributed by atoms with E-state index in [4.69, 9.17) is 19.2 Å². The minimum absolute atomic E-state index is 0.0242. The quantitative estimate of drug-likeness (QED) is 0.625. The number of aromatic nitrogens is 1. The molecular weight excluding hydrogens is 376 g/mol. The molecule has 1 amide bonds. The van der Waals surface area contributed by atoms with Gasteiger partial charge in [-0.2, -0.15) is 0 Å². The SMILES string of the molecule is COc1cccc(C(=O)N(CC2CCCO2)c2nc3cc(OC)ccc3s2)c1. The number of anilines is 1. The Bertz CT molecular complexity index is 981. The third-order valence-corrected chi connectivity index (χ3v) is 5.85. The Morgan fingerprint density at radius 2 is 2.04 bits per heavy atom. The summed E-state index contributed by atoms with van der Waals surface area (Å²) in [6.45, 7) is 1.22. The minimum Gasteiger partial charge on any atom is -0.497 e. The Balaban J connectivity index is 1.71. The molecule has 3 aromatic rings. The van der Waals surface area contributed by atoms with Gasteiger partial charge in [0, 0.05) is 18.2 Å². The van der Waals surface area contributed by atoms with Gasteiger partial charge in [-0.1, -0.05) is 17.4 Å². The fraction of sp³-hybridized carbons (Fsp3) is 0.333. The lowest BCUT2D eigenvalue weighted by atomic mass is 10.1. The average molecular weight is 398 g/mol. The zero-order valence-electron chi connectivity index (χ0n) is 15.9. The highest BCUT2D eigenvalue weighted by atomic mass is 32.1. The van der Waals surface area contributed by atoms with Gasteiger partial charge in [0.15, 0.2) is 5.13 Å². The van der Waals surface area contributed by atoms with Gasteiger partial charge < -0.3 is 14.2 Å².